The number of halogens is 4. The Hall–Kier alpha value is -2.67. The fourth-order valence-electron chi connectivity index (χ4n) is 4.65. The van der Waals surface area contributed by atoms with E-state index in [-0.39, 0.29) is 23.2 Å². The molecule has 0 bridgehead atoms. The molecule has 0 fully saturated rings. The molecule has 2 heterocycles. The molecule has 2 aromatic rings. The summed E-state index contributed by atoms with van der Waals surface area (Å²) in [5.74, 6) is 0.423. The highest BCUT2D eigenvalue weighted by Gasteiger charge is 2.27. The summed E-state index contributed by atoms with van der Waals surface area (Å²) in [6.45, 7) is 0.813. The van der Waals surface area contributed by atoms with E-state index in [0.717, 1.165) is 36.2 Å². The maximum absolute atomic E-state index is 14.6. The van der Waals surface area contributed by atoms with E-state index < -0.39 is 12.0 Å². The molecule has 8 heteroatoms. The first-order chi connectivity index (χ1) is 16.0. The van der Waals surface area contributed by atoms with Crippen molar-refractivity contribution in [1.29, 1.82) is 0 Å². The summed E-state index contributed by atoms with van der Waals surface area (Å²) < 4.78 is 41.9. The number of alkyl halides is 1. The van der Waals surface area contributed by atoms with Crippen LogP contribution in [0.1, 0.15) is 61.5 Å². The molecule has 3 aliphatic rings. The minimum atomic E-state index is -1.12. The van der Waals surface area contributed by atoms with Gasteiger partial charge in [0.15, 0.2) is 0 Å². The minimum Gasteiger partial charge on any atom is -0.340 e. The van der Waals surface area contributed by atoms with Crippen LogP contribution in [-0.2, 0) is 6.42 Å². The number of aliphatic imine (C=N–C) groups is 1. The van der Waals surface area contributed by atoms with Crippen LogP contribution in [0.3, 0.4) is 0 Å². The lowest BCUT2D eigenvalue weighted by Crippen LogP contribution is -2.17. The van der Waals surface area contributed by atoms with Crippen LogP contribution < -0.4 is 5.32 Å². The van der Waals surface area contributed by atoms with Gasteiger partial charge in [-0.3, -0.25) is 4.99 Å². The predicted molar refractivity (Wildman–Crippen MR) is 125 cm³/mol. The molecular weight excluding hydrogens is 449 g/mol. The number of nitrogens with zero attached hydrogens (tertiary/aromatic N) is 3. The van der Waals surface area contributed by atoms with E-state index in [4.69, 9.17) is 21.6 Å². The number of nitrogens with one attached hydrogen (secondary N) is 1. The molecule has 2 aliphatic carbocycles. The first kappa shape index (κ1) is 22.1. The summed E-state index contributed by atoms with van der Waals surface area (Å²) in [7, 11) is 0. The maximum Gasteiger partial charge on any atom is 0.141 e. The molecule has 0 spiro atoms. The first-order valence-electron chi connectivity index (χ1n) is 11.3. The lowest BCUT2D eigenvalue weighted by molar-refractivity contribution is 0.280. The number of allylic oxidation sites excluding steroid dienone is 3. The average molecular weight is 473 g/mol. The smallest absolute Gasteiger partial charge is 0.141 e. The molecule has 1 aromatic heterocycles. The van der Waals surface area contributed by atoms with Crippen LogP contribution in [0, 0.1) is 5.82 Å². The SMILES string of the molecule is FC1=C(C2=Cc3c(nc(C4C=NCCC4)nc3Nc3ccc(F)c(Cl)c3)CC2)CCC(F)C1. The second-order valence-corrected chi connectivity index (χ2v) is 9.15. The molecule has 1 aromatic carbocycles. The van der Waals surface area contributed by atoms with Crippen LogP contribution >= 0.6 is 11.6 Å². The van der Waals surface area contributed by atoms with Crippen molar-refractivity contribution < 1.29 is 13.2 Å². The second kappa shape index (κ2) is 9.29. The Morgan fingerprint density at radius 1 is 1.06 bits per heavy atom. The molecule has 33 heavy (non-hydrogen) atoms. The van der Waals surface area contributed by atoms with Crippen molar-refractivity contribution in [2.75, 3.05) is 11.9 Å². The maximum atomic E-state index is 14.6. The Labute approximate surface area is 195 Å². The van der Waals surface area contributed by atoms with Gasteiger partial charge in [-0.1, -0.05) is 11.6 Å². The van der Waals surface area contributed by atoms with E-state index in [1.54, 1.807) is 6.07 Å². The molecule has 2 unspecified atom stereocenters. The standard InChI is InChI=1S/C25H24ClF3N4/c26-20-12-17(5-7-21(20)28)31-25-19-10-14(18-6-4-16(27)11-22(18)29)3-8-23(19)32-24(33-25)15-2-1-9-30-13-15/h5,7,10,12-13,15-16H,1-4,6,8-9,11H2,(H,31,32,33). The van der Waals surface area contributed by atoms with Crippen molar-refractivity contribution in [2.45, 2.75) is 57.0 Å². The average Bonchev–Trinajstić information content (AvgIpc) is 2.82. The normalized spacial score (nSPS) is 22.7. The van der Waals surface area contributed by atoms with Gasteiger partial charge in [0.25, 0.3) is 0 Å². The zero-order chi connectivity index (χ0) is 22.9. The predicted octanol–water partition coefficient (Wildman–Crippen LogP) is 7.04. The molecule has 172 valence electrons. The quantitative estimate of drug-likeness (QED) is 0.519. The van der Waals surface area contributed by atoms with Crippen LogP contribution in [0.15, 0.2) is 40.2 Å². The Balaban J connectivity index is 1.57. The highest BCUT2D eigenvalue weighted by Crippen LogP contribution is 2.39. The molecule has 0 radical (unpaired) electrons. The van der Waals surface area contributed by atoms with Crippen LogP contribution in [0.25, 0.3) is 6.08 Å². The van der Waals surface area contributed by atoms with Gasteiger partial charge in [0.2, 0.25) is 0 Å². The van der Waals surface area contributed by atoms with Gasteiger partial charge in [0.05, 0.1) is 16.6 Å². The summed E-state index contributed by atoms with van der Waals surface area (Å²) in [5.41, 5.74) is 3.71. The molecule has 4 nitrogen and oxygen atoms in total. The number of aryl methyl sites for hydroxylation is 1. The second-order valence-electron chi connectivity index (χ2n) is 8.74. The van der Waals surface area contributed by atoms with Gasteiger partial charge in [-0.15, -0.1) is 0 Å². The number of benzene rings is 1. The molecule has 0 saturated heterocycles. The molecule has 0 amide bonds. The van der Waals surface area contributed by atoms with Crippen molar-refractivity contribution in [2.24, 2.45) is 4.99 Å². The Morgan fingerprint density at radius 2 is 1.94 bits per heavy atom. The fourth-order valence-corrected chi connectivity index (χ4v) is 4.83. The highest BCUT2D eigenvalue weighted by molar-refractivity contribution is 6.31. The van der Waals surface area contributed by atoms with Gasteiger partial charge in [-0.25, -0.2) is 23.1 Å². The molecule has 1 aliphatic heterocycles. The summed E-state index contributed by atoms with van der Waals surface area (Å²) in [6, 6.07) is 4.39. The van der Waals surface area contributed by atoms with Crippen molar-refractivity contribution in [3.05, 3.63) is 63.1 Å². The molecule has 0 saturated carbocycles. The van der Waals surface area contributed by atoms with Crippen molar-refractivity contribution >= 4 is 35.4 Å². The third-order valence-electron chi connectivity index (χ3n) is 6.42. The van der Waals surface area contributed by atoms with E-state index in [1.807, 2.05) is 12.3 Å². The van der Waals surface area contributed by atoms with Gasteiger partial charge < -0.3 is 5.32 Å². The Morgan fingerprint density at radius 3 is 2.70 bits per heavy atom. The van der Waals surface area contributed by atoms with Crippen molar-refractivity contribution in [3.63, 3.8) is 0 Å². The van der Waals surface area contributed by atoms with Crippen LogP contribution in [0.2, 0.25) is 5.02 Å². The first-order valence-corrected chi connectivity index (χ1v) is 11.7. The number of anilines is 2. The lowest BCUT2D eigenvalue weighted by Gasteiger charge is -2.25. The molecule has 2 atom stereocenters. The lowest BCUT2D eigenvalue weighted by atomic mass is 9.85. The number of fused-ring (bicyclic) bond motifs is 1. The van der Waals surface area contributed by atoms with Crippen molar-refractivity contribution in [1.82, 2.24) is 9.97 Å². The fraction of sp³-hybridized carbons (Fsp3) is 0.400. The van der Waals surface area contributed by atoms with E-state index in [2.05, 4.69) is 10.3 Å². The largest absolute Gasteiger partial charge is 0.340 e. The van der Waals surface area contributed by atoms with Crippen LogP contribution in [0.5, 0.6) is 0 Å². The summed E-state index contributed by atoms with van der Waals surface area (Å²) in [6.07, 6.45) is 6.45. The topological polar surface area (TPSA) is 50.2 Å². The van der Waals surface area contributed by atoms with Gasteiger partial charge in [-0.2, -0.15) is 0 Å². The Bertz CT molecular complexity index is 1170. The minimum absolute atomic E-state index is 0.00833. The zero-order valence-electron chi connectivity index (χ0n) is 18.1. The van der Waals surface area contributed by atoms with E-state index in [0.29, 0.717) is 48.6 Å². The van der Waals surface area contributed by atoms with E-state index in [1.165, 1.54) is 12.1 Å². The summed E-state index contributed by atoms with van der Waals surface area (Å²) in [4.78, 5) is 14.0. The number of rotatable bonds is 4. The number of hydrogen-bond donors (Lipinski definition) is 1. The third-order valence-corrected chi connectivity index (χ3v) is 6.71. The number of aromatic nitrogens is 2. The number of hydrogen-bond acceptors (Lipinski definition) is 4. The van der Waals surface area contributed by atoms with E-state index in [9.17, 15) is 13.2 Å². The molecular formula is C25H24ClF3N4. The Kier molecular flexibility index (Phi) is 6.23. The van der Waals surface area contributed by atoms with E-state index >= 15 is 0 Å². The monoisotopic (exact) mass is 472 g/mol. The summed E-state index contributed by atoms with van der Waals surface area (Å²) >= 11 is 5.97. The van der Waals surface area contributed by atoms with Crippen molar-refractivity contribution in [3.8, 4) is 0 Å². The third kappa shape index (κ3) is 4.69. The molecule has 5 rings (SSSR count). The van der Waals surface area contributed by atoms with Crippen LogP contribution in [-0.4, -0.2) is 28.9 Å². The van der Waals surface area contributed by atoms with Gasteiger partial charge >= 0.3 is 0 Å². The van der Waals surface area contributed by atoms with Gasteiger partial charge in [0.1, 0.15) is 29.5 Å². The van der Waals surface area contributed by atoms with Gasteiger partial charge in [-0.05, 0) is 73.9 Å². The highest BCUT2D eigenvalue weighted by atomic mass is 35.5. The summed E-state index contributed by atoms with van der Waals surface area (Å²) in [5, 5.41) is 3.27. The van der Waals surface area contributed by atoms with Gasteiger partial charge in [0, 0.05) is 30.4 Å². The van der Waals surface area contributed by atoms with Crippen LogP contribution in [0.4, 0.5) is 24.7 Å². The zero-order valence-corrected chi connectivity index (χ0v) is 18.8. The molecule has 1 N–H and O–H groups in total.